The number of benzene rings is 2. The Kier molecular flexibility index (Phi) is 3.46. The lowest BCUT2D eigenvalue weighted by molar-refractivity contribution is 0.415. The van der Waals surface area contributed by atoms with E-state index < -0.39 is 11.6 Å². The summed E-state index contributed by atoms with van der Waals surface area (Å²) >= 11 is 1.23. The number of hydrogen-bond donors (Lipinski definition) is 1. The van der Waals surface area contributed by atoms with Gasteiger partial charge in [-0.05, 0) is 30.3 Å². The average molecular weight is 344 g/mol. The van der Waals surface area contributed by atoms with Crippen LogP contribution in [0.5, 0.6) is 5.75 Å². The first-order valence-corrected chi connectivity index (χ1v) is 7.78. The number of hydrogen-bond acceptors (Lipinski definition) is 5. The first-order valence-electron chi connectivity index (χ1n) is 6.97. The highest BCUT2D eigenvalue weighted by atomic mass is 32.1. The van der Waals surface area contributed by atoms with Crippen molar-refractivity contribution in [1.82, 2.24) is 20.4 Å². The molecule has 0 bridgehead atoms. The molecule has 0 unspecified atom stereocenters. The lowest BCUT2D eigenvalue weighted by atomic mass is 10.1. The van der Waals surface area contributed by atoms with Crippen LogP contribution in [-0.2, 0) is 0 Å². The molecule has 0 spiro atoms. The molecule has 0 fully saturated rings. The minimum Gasteiger partial charge on any atom is -0.497 e. The lowest BCUT2D eigenvalue weighted by Crippen LogP contribution is -1.85. The van der Waals surface area contributed by atoms with Crippen molar-refractivity contribution in [1.29, 1.82) is 0 Å². The first kappa shape index (κ1) is 14.7. The van der Waals surface area contributed by atoms with Gasteiger partial charge in [0.1, 0.15) is 22.1 Å². The Labute approximate surface area is 138 Å². The number of halogens is 2. The van der Waals surface area contributed by atoms with Gasteiger partial charge in [-0.25, -0.2) is 13.8 Å². The van der Waals surface area contributed by atoms with Crippen LogP contribution in [0.3, 0.4) is 0 Å². The second kappa shape index (κ2) is 5.64. The third kappa shape index (κ3) is 2.41. The summed E-state index contributed by atoms with van der Waals surface area (Å²) in [6, 6.07) is 9.56. The number of methoxy groups -OCH3 is 1. The molecule has 120 valence electrons. The van der Waals surface area contributed by atoms with Crippen LogP contribution < -0.4 is 4.74 Å². The maximum absolute atomic E-state index is 13.4. The Morgan fingerprint density at radius 2 is 1.71 bits per heavy atom. The number of aromatic amines is 1. The molecule has 0 amide bonds. The van der Waals surface area contributed by atoms with Gasteiger partial charge in [0, 0.05) is 11.6 Å². The molecular weight excluding hydrogens is 334 g/mol. The normalized spacial score (nSPS) is 11.1. The van der Waals surface area contributed by atoms with Crippen LogP contribution in [-0.4, -0.2) is 27.5 Å². The van der Waals surface area contributed by atoms with Crippen molar-refractivity contribution in [2.24, 2.45) is 0 Å². The predicted molar refractivity (Wildman–Crippen MR) is 86.9 cm³/mol. The zero-order valence-electron chi connectivity index (χ0n) is 12.4. The number of aromatic nitrogens is 4. The minimum absolute atomic E-state index is 0.387. The molecule has 4 aromatic rings. The molecule has 0 aliphatic heterocycles. The van der Waals surface area contributed by atoms with Crippen LogP contribution in [0.1, 0.15) is 0 Å². The van der Waals surface area contributed by atoms with Gasteiger partial charge in [-0.3, -0.25) is 0 Å². The van der Waals surface area contributed by atoms with Crippen molar-refractivity contribution in [3.8, 4) is 27.7 Å². The van der Waals surface area contributed by atoms with Gasteiger partial charge in [0.2, 0.25) is 0 Å². The van der Waals surface area contributed by atoms with E-state index in [1.165, 1.54) is 11.3 Å². The maximum Gasteiger partial charge on any atom is 0.161 e. The highest BCUT2D eigenvalue weighted by Gasteiger charge is 2.18. The van der Waals surface area contributed by atoms with Gasteiger partial charge in [-0.1, -0.05) is 0 Å². The van der Waals surface area contributed by atoms with Gasteiger partial charge in [0.05, 0.1) is 17.3 Å². The van der Waals surface area contributed by atoms with Gasteiger partial charge in [0.15, 0.2) is 11.6 Å². The second-order valence-electron chi connectivity index (χ2n) is 5.00. The average Bonchev–Trinajstić information content (AvgIpc) is 3.22. The van der Waals surface area contributed by atoms with Gasteiger partial charge >= 0.3 is 0 Å². The van der Waals surface area contributed by atoms with E-state index in [0.29, 0.717) is 26.6 Å². The van der Waals surface area contributed by atoms with E-state index in [9.17, 15) is 8.78 Å². The molecule has 1 N–H and O–H groups in total. The number of nitrogens with one attached hydrogen (secondary N) is 1. The Balaban J connectivity index is 1.81. The molecule has 0 saturated carbocycles. The summed E-state index contributed by atoms with van der Waals surface area (Å²) in [6.07, 6.45) is 0. The predicted octanol–water partition coefficient (Wildman–Crippen LogP) is 4.04. The molecule has 0 aliphatic carbocycles. The summed E-state index contributed by atoms with van der Waals surface area (Å²) in [6.45, 7) is 0. The monoisotopic (exact) mass is 344 g/mol. The standard InChI is InChI=1S/C16H10F2N4OS/c1-23-9-4-2-8(3-5-9)14-15(21-22-20-14)16-19-12-6-10(17)11(18)7-13(12)24-16/h2-7H,1H3,(H,20,21,22). The second-order valence-corrected chi connectivity index (χ2v) is 6.03. The highest BCUT2D eigenvalue weighted by molar-refractivity contribution is 7.21. The summed E-state index contributed by atoms with van der Waals surface area (Å²) in [5.41, 5.74) is 2.36. The number of fused-ring (bicyclic) bond motifs is 1. The van der Waals surface area contributed by atoms with Crippen molar-refractivity contribution in [2.75, 3.05) is 7.11 Å². The van der Waals surface area contributed by atoms with E-state index in [1.54, 1.807) is 7.11 Å². The van der Waals surface area contributed by atoms with Gasteiger partial charge in [-0.2, -0.15) is 15.4 Å². The van der Waals surface area contributed by atoms with Gasteiger partial charge in [0.25, 0.3) is 0 Å². The molecule has 2 heterocycles. The highest BCUT2D eigenvalue weighted by Crippen LogP contribution is 2.35. The Morgan fingerprint density at radius 1 is 1.00 bits per heavy atom. The van der Waals surface area contributed by atoms with Crippen LogP contribution in [0.25, 0.3) is 32.2 Å². The fraction of sp³-hybridized carbons (Fsp3) is 0.0625. The van der Waals surface area contributed by atoms with Crippen LogP contribution in [0.2, 0.25) is 0 Å². The van der Waals surface area contributed by atoms with Crippen molar-refractivity contribution in [3.63, 3.8) is 0 Å². The Morgan fingerprint density at radius 3 is 2.46 bits per heavy atom. The molecular formula is C16H10F2N4OS. The molecule has 24 heavy (non-hydrogen) atoms. The summed E-state index contributed by atoms with van der Waals surface area (Å²) < 4.78 is 32.4. The number of ether oxygens (including phenoxy) is 1. The Hall–Kier alpha value is -2.87. The van der Waals surface area contributed by atoms with E-state index >= 15 is 0 Å². The Bertz CT molecular complexity index is 987. The van der Waals surface area contributed by atoms with Crippen LogP contribution in [0.4, 0.5) is 8.78 Å². The van der Waals surface area contributed by atoms with Crippen LogP contribution >= 0.6 is 11.3 Å². The topological polar surface area (TPSA) is 63.7 Å². The minimum atomic E-state index is -0.921. The molecule has 2 aromatic heterocycles. The third-order valence-electron chi connectivity index (χ3n) is 3.54. The van der Waals surface area contributed by atoms with Crippen LogP contribution in [0.15, 0.2) is 36.4 Å². The van der Waals surface area contributed by atoms with E-state index in [-0.39, 0.29) is 0 Å². The van der Waals surface area contributed by atoms with Gasteiger partial charge < -0.3 is 4.74 Å². The number of H-pyrrole nitrogens is 1. The lowest BCUT2D eigenvalue weighted by Gasteiger charge is -2.01. The van der Waals surface area contributed by atoms with E-state index in [1.807, 2.05) is 24.3 Å². The third-order valence-corrected chi connectivity index (χ3v) is 4.57. The SMILES string of the molecule is COc1ccc(-c2n[nH]nc2-c2nc3cc(F)c(F)cc3s2)cc1. The molecule has 2 aromatic carbocycles. The first-order chi connectivity index (χ1) is 11.7. The molecule has 5 nitrogen and oxygen atoms in total. The summed E-state index contributed by atoms with van der Waals surface area (Å²) in [5, 5.41) is 11.4. The quantitative estimate of drug-likeness (QED) is 0.609. The number of thiazole rings is 1. The fourth-order valence-corrected chi connectivity index (χ4v) is 3.32. The molecule has 0 aliphatic rings. The molecule has 4 rings (SSSR count). The number of rotatable bonds is 3. The maximum atomic E-state index is 13.4. The van der Waals surface area contributed by atoms with E-state index in [4.69, 9.17) is 4.74 Å². The zero-order chi connectivity index (χ0) is 16.7. The largest absolute Gasteiger partial charge is 0.497 e. The van der Waals surface area contributed by atoms with Crippen molar-refractivity contribution >= 4 is 21.6 Å². The fourth-order valence-electron chi connectivity index (χ4n) is 2.36. The molecule has 0 saturated heterocycles. The van der Waals surface area contributed by atoms with E-state index in [2.05, 4.69) is 20.4 Å². The summed E-state index contributed by atoms with van der Waals surface area (Å²) in [7, 11) is 1.59. The molecule has 8 heteroatoms. The molecule has 0 radical (unpaired) electrons. The number of nitrogens with zero attached hydrogens (tertiary/aromatic N) is 3. The van der Waals surface area contributed by atoms with Crippen LogP contribution in [0, 0.1) is 11.6 Å². The van der Waals surface area contributed by atoms with E-state index in [0.717, 1.165) is 23.4 Å². The van der Waals surface area contributed by atoms with Crippen molar-refractivity contribution < 1.29 is 13.5 Å². The smallest absolute Gasteiger partial charge is 0.161 e. The van der Waals surface area contributed by atoms with Crippen molar-refractivity contribution in [3.05, 3.63) is 48.0 Å². The van der Waals surface area contributed by atoms with Gasteiger partial charge in [-0.15, -0.1) is 11.3 Å². The van der Waals surface area contributed by atoms with Crippen molar-refractivity contribution in [2.45, 2.75) is 0 Å². The summed E-state index contributed by atoms with van der Waals surface area (Å²) in [5.74, 6) is -1.09. The summed E-state index contributed by atoms with van der Waals surface area (Å²) in [4.78, 5) is 4.34. The molecule has 0 atom stereocenters. The zero-order valence-corrected chi connectivity index (χ0v) is 13.2.